The number of hydrogen-bond acceptors (Lipinski definition) is 7. The van der Waals surface area contributed by atoms with Crippen LogP contribution in [0.15, 0.2) is 42.6 Å². The molecule has 1 saturated carbocycles. The second-order valence-corrected chi connectivity index (χ2v) is 10.0. The van der Waals surface area contributed by atoms with E-state index in [9.17, 15) is 4.79 Å². The van der Waals surface area contributed by atoms with E-state index in [1.807, 2.05) is 50.5 Å². The minimum atomic E-state index is -0.319. The van der Waals surface area contributed by atoms with Crippen molar-refractivity contribution in [3.05, 3.63) is 64.8 Å². The molecular formula is C26H30ClN5O3. The van der Waals surface area contributed by atoms with Gasteiger partial charge in [0.2, 0.25) is 5.88 Å². The zero-order valence-corrected chi connectivity index (χ0v) is 20.8. The lowest BCUT2D eigenvalue weighted by Gasteiger charge is -2.28. The third kappa shape index (κ3) is 5.49. The van der Waals surface area contributed by atoms with E-state index in [0.717, 1.165) is 48.6 Å². The van der Waals surface area contributed by atoms with Crippen molar-refractivity contribution in [3.8, 4) is 11.6 Å². The second kappa shape index (κ2) is 10.3. The molecular weight excluding hydrogens is 466 g/mol. The van der Waals surface area contributed by atoms with E-state index in [0.29, 0.717) is 23.7 Å². The molecule has 1 aromatic carbocycles. The molecule has 0 amide bonds. The molecule has 1 aliphatic carbocycles. The predicted molar refractivity (Wildman–Crippen MR) is 132 cm³/mol. The van der Waals surface area contributed by atoms with Crippen LogP contribution in [0.2, 0.25) is 5.02 Å². The van der Waals surface area contributed by atoms with Crippen molar-refractivity contribution >= 4 is 17.6 Å². The Hall–Kier alpha value is -2.97. The summed E-state index contributed by atoms with van der Waals surface area (Å²) in [6.07, 6.45) is 6.46. The first kappa shape index (κ1) is 23.8. The normalized spacial score (nSPS) is 21.7. The summed E-state index contributed by atoms with van der Waals surface area (Å²) < 4.78 is 14.1. The van der Waals surface area contributed by atoms with Crippen molar-refractivity contribution in [3.63, 3.8) is 0 Å². The van der Waals surface area contributed by atoms with Crippen molar-refractivity contribution in [2.75, 3.05) is 20.6 Å². The number of esters is 1. The van der Waals surface area contributed by atoms with Crippen LogP contribution in [-0.4, -0.2) is 63.5 Å². The van der Waals surface area contributed by atoms with Gasteiger partial charge in [-0.3, -0.25) is 14.3 Å². The Morgan fingerprint density at radius 3 is 2.66 bits per heavy atom. The number of halogens is 1. The lowest BCUT2D eigenvalue weighted by atomic mass is 9.86. The summed E-state index contributed by atoms with van der Waals surface area (Å²) in [5.41, 5.74) is 2.05. The highest BCUT2D eigenvalue weighted by Crippen LogP contribution is 2.37. The third-order valence-corrected chi connectivity index (χ3v) is 6.84. The molecule has 5 rings (SSSR count). The molecule has 184 valence electrons. The molecule has 0 radical (unpaired) electrons. The molecule has 1 aliphatic heterocycles. The van der Waals surface area contributed by atoms with Crippen LogP contribution in [0.25, 0.3) is 5.69 Å². The van der Waals surface area contributed by atoms with Crippen molar-refractivity contribution in [1.82, 2.24) is 24.6 Å². The molecule has 3 aromatic rings. The third-order valence-electron chi connectivity index (χ3n) is 6.60. The number of hydrogen-bond donors (Lipinski definition) is 0. The first-order chi connectivity index (χ1) is 17.0. The molecule has 35 heavy (non-hydrogen) atoms. The average Bonchev–Trinajstić information content (AvgIpc) is 3.16. The fourth-order valence-electron chi connectivity index (χ4n) is 5.04. The largest absolute Gasteiger partial charge is 0.474 e. The van der Waals surface area contributed by atoms with Crippen LogP contribution in [0.5, 0.6) is 5.88 Å². The quantitative estimate of drug-likeness (QED) is 0.478. The zero-order chi connectivity index (χ0) is 24.4. The molecule has 0 saturated heterocycles. The van der Waals surface area contributed by atoms with Gasteiger partial charge >= 0.3 is 5.97 Å². The number of ether oxygens (including phenoxy) is 2. The second-order valence-electron chi connectivity index (χ2n) is 9.60. The van der Waals surface area contributed by atoms with Gasteiger partial charge in [0, 0.05) is 36.0 Å². The standard InChI is InChI=1S/C26H30ClN5O3/c1-31(2)16-25(33)35-21-14-18-13-19(27)8-11-22(18)32-23(15-21)29-30-26(32)17-6-9-20(10-7-17)34-24-5-3-4-12-28-24/h3-5,8,11-13,17,20-21H,6-7,9-10,14-16H2,1-2H3/t17-,20-,21?. The summed E-state index contributed by atoms with van der Waals surface area (Å²) in [5, 5.41) is 9.85. The highest BCUT2D eigenvalue weighted by molar-refractivity contribution is 6.30. The molecule has 8 nitrogen and oxygen atoms in total. The van der Waals surface area contributed by atoms with Gasteiger partial charge in [-0.25, -0.2) is 4.98 Å². The summed E-state index contributed by atoms with van der Waals surface area (Å²) in [7, 11) is 3.70. The van der Waals surface area contributed by atoms with Gasteiger partial charge in [-0.1, -0.05) is 17.7 Å². The number of fused-ring (bicyclic) bond motifs is 3. The monoisotopic (exact) mass is 495 g/mol. The fourth-order valence-corrected chi connectivity index (χ4v) is 5.23. The first-order valence-corrected chi connectivity index (χ1v) is 12.5. The van der Waals surface area contributed by atoms with E-state index >= 15 is 0 Å². The van der Waals surface area contributed by atoms with Crippen LogP contribution in [-0.2, 0) is 22.4 Å². The lowest BCUT2D eigenvalue weighted by molar-refractivity contribution is -0.149. The maximum Gasteiger partial charge on any atom is 0.320 e. The SMILES string of the molecule is CN(C)CC(=O)OC1Cc2cc(Cl)ccc2-n2c(nnc2[C@H]2CC[C@H](Oc3ccccn3)CC2)C1. The topological polar surface area (TPSA) is 82.4 Å². The van der Waals surface area contributed by atoms with Crippen LogP contribution >= 0.6 is 11.6 Å². The van der Waals surface area contributed by atoms with Crippen LogP contribution in [0.4, 0.5) is 0 Å². The van der Waals surface area contributed by atoms with Crippen LogP contribution < -0.4 is 4.74 Å². The molecule has 9 heteroatoms. The maximum atomic E-state index is 12.4. The lowest BCUT2D eigenvalue weighted by Crippen LogP contribution is -2.29. The van der Waals surface area contributed by atoms with Crippen molar-refractivity contribution in [2.24, 2.45) is 0 Å². The van der Waals surface area contributed by atoms with Gasteiger partial charge < -0.3 is 9.47 Å². The van der Waals surface area contributed by atoms with Crippen LogP contribution in [0, 0.1) is 0 Å². The number of likely N-dealkylation sites (N-methyl/N-ethyl adjacent to an activating group) is 1. The number of aromatic nitrogens is 4. The number of nitrogens with zero attached hydrogens (tertiary/aromatic N) is 5. The van der Waals surface area contributed by atoms with Gasteiger partial charge in [-0.05, 0) is 69.6 Å². The first-order valence-electron chi connectivity index (χ1n) is 12.1. The highest BCUT2D eigenvalue weighted by atomic mass is 35.5. The number of benzene rings is 1. The Morgan fingerprint density at radius 2 is 1.91 bits per heavy atom. The minimum absolute atomic E-state index is 0.152. The van der Waals surface area contributed by atoms with E-state index < -0.39 is 0 Å². The van der Waals surface area contributed by atoms with E-state index in [1.54, 1.807) is 11.1 Å². The molecule has 1 unspecified atom stereocenters. The number of carbonyl (C=O) groups excluding carboxylic acids is 1. The Bertz CT molecular complexity index is 1170. The van der Waals surface area contributed by atoms with Gasteiger partial charge in [0.05, 0.1) is 12.2 Å². The molecule has 0 spiro atoms. The molecule has 0 N–H and O–H groups in total. The smallest absolute Gasteiger partial charge is 0.320 e. The molecule has 2 aliphatic rings. The highest BCUT2D eigenvalue weighted by Gasteiger charge is 2.32. The Balaban J connectivity index is 1.37. The molecule has 0 bridgehead atoms. The molecule has 1 fully saturated rings. The maximum absolute atomic E-state index is 12.4. The van der Waals surface area contributed by atoms with Crippen molar-refractivity contribution in [2.45, 2.75) is 56.7 Å². The summed E-state index contributed by atoms with van der Waals surface area (Å²) in [6.45, 7) is 0.237. The van der Waals surface area contributed by atoms with E-state index in [1.165, 1.54) is 0 Å². The van der Waals surface area contributed by atoms with Crippen molar-refractivity contribution < 1.29 is 14.3 Å². The van der Waals surface area contributed by atoms with Gasteiger partial charge in [0.1, 0.15) is 23.9 Å². The summed E-state index contributed by atoms with van der Waals surface area (Å²) in [6, 6.07) is 11.6. The Labute approximate surface area is 210 Å². The zero-order valence-electron chi connectivity index (χ0n) is 20.1. The number of rotatable bonds is 6. The molecule has 1 atom stereocenters. The summed E-state index contributed by atoms with van der Waals surface area (Å²) in [5.74, 6) is 2.47. The van der Waals surface area contributed by atoms with E-state index in [4.69, 9.17) is 21.1 Å². The number of carbonyl (C=O) groups is 1. The van der Waals surface area contributed by atoms with E-state index in [-0.39, 0.29) is 30.6 Å². The predicted octanol–water partition coefficient (Wildman–Crippen LogP) is 3.99. The van der Waals surface area contributed by atoms with Crippen LogP contribution in [0.1, 0.15) is 48.8 Å². The van der Waals surface area contributed by atoms with Gasteiger partial charge in [-0.15, -0.1) is 10.2 Å². The van der Waals surface area contributed by atoms with Crippen LogP contribution in [0.3, 0.4) is 0 Å². The van der Waals surface area contributed by atoms with E-state index in [2.05, 4.69) is 19.7 Å². The molecule has 2 aromatic heterocycles. The number of pyridine rings is 1. The minimum Gasteiger partial charge on any atom is -0.474 e. The van der Waals surface area contributed by atoms with Gasteiger partial charge in [-0.2, -0.15) is 0 Å². The van der Waals surface area contributed by atoms with Gasteiger partial charge in [0.15, 0.2) is 0 Å². The average molecular weight is 496 g/mol. The summed E-state index contributed by atoms with van der Waals surface area (Å²) >= 11 is 6.35. The Morgan fingerprint density at radius 1 is 1.09 bits per heavy atom. The summed E-state index contributed by atoms with van der Waals surface area (Å²) in [4.78, 5) is 18.5. The van der Waals surface area contributed by atoms with Crippen molar-refractivity contribution in [1.29, 1.82) is 0 Å². The Kier molecular flexibility index (Phi) is 7.02. The molecule has 3 heterocycles. The fraction of sp³-hybridized carbons (Fsp3) is 0.462. The van der Waals surface area contributed by atoms with Gasteiger partial charge in [0.25, 0.3) is 0 Å².